The highest BCUT2D eigenvalue weighted by molar-refractivity contribution is 9.10. The normalized spacial score (nSPS) is 8.77. The van der Waals surface area contributed by atoms with Gasteiger partial charge in [0.1, 0.15) is 4.47 Å². The Morgan fingerprint density at radius 1 is 1.77 bits per heavy atom. The summed E-state index contributed by atoms with van der Waals surface area (Å²) in [5.41, 5.74) is 0.390. The standard InChI is InChI=1S/C8H8BrN3O/c1-2-3-4-10-6-5-11-12-8(13)7(6)9/h5H,4H2,1H3,(H2,10,12,13). The van der Waals surface area contributed by atoms with Crippen LogP contribution in [-0.4, -0.2) is 16.7 Å². The van der Waals surface area contributed by atoms with Crippen LogP contribution in [0.3, 0.4) is 0 Å². The van der Waals surface area contributed by atoms with Crippen molar-refractivity contribution in [1.29, 1.82) is 0 Å². The number of anilines is 1. The molecule has 68 valence electrons. The van der Waals surface area contributed by atoms with E-state index in [-0.39, 0.29) is 5.56 Å². The minimum atomic E-state index is -0.255. The summed E-state index contributed by atoms with van der Waals surface area (Å²) >= 11 is 3.14. The summed E-state index contributed by atoms with van der Waals surface area (Å²) < 4.78 is 0.445. The Hall–Kier alpha value is -1.28. The molecular weight excluding hydrogens is 234 g/mol. The molecule has 0 aliphatic heterocycles. The van der Waals surface area contributed by atoms with Gasteiger partial charge in [0.2, 0.25) is 0 Å². The Balaban J connectivity index is 2.81. The maximum Gasteiger partial charge on any atom is 0.280 e. The van der Waals surface area contributed by atoms with Crippen molar-refractivity contribution in [3.63, 3.8) is 0 Å². The highest BCUT2D eigenvalue weighted by Gasteiger charge is 2.01. The number of H-pyrrole nitrogens is 1. The molecule has 0 fully saturated rings. The van der Waals surface area contributed by atoms with Gasteiger partial charge in [-0.05, 0) is 22.9 Å². The quantitative estimate of drug-likeness (QED) is 0.759. The van der Waals surface area contributed by atoms with Gasteiger partial charge >= 0.3 is 0 Å². The molecule has 1 rings (SSSR count). The van der Waals surface area contributed by atoms with E-state index in [4.69, 9.17) is 0 Å². The molecule has 0 atom stereocenters. The lowest BCUT2D eigenvalue weighted by Gasteiger charge is -2.01. The first-order valence-electron chi connectivity index (χ1n) is 3.62. The average Bonchev–Trinajstić information content (AvgIpc) is 2.13. The third-order valence-electron chi connectivity index (χ3n) is 1.34. The van der Waals surface area contributed by atoms with Gasteiger partial charge in [0.25, 0.3) is 5.56 Å². The van der Waals surface area contributed by atoms with Crippen LogP contribution in [0.2, 0.25) is 0 Å². The Labute approximate surface area is 83.9 Å². The first-order valence-corrected chi connectivity index (χ1v) is 4.41. The van der Waals surface area contributed by atoms with E-state index < -0.39 is 0 Å². The lowest BCUT2D eigenvalue weighted by Crippen LogP contribution is -2.12. The summed E-state index contributed by atoms with van der Waals surface area (Å²) in [6.45, 7) is 2.26. The Bertz CT molecular complexity index is 402. The van der Waals surface area contributed by atoms with E-state index in [0.29, 0.717) is 16.7 Å². The van der Waals surface area contributed by atoms with Gasteiger partial charge in [0, 0.05) is 0 Å². The van der Waals surface area contributed by atoms with Crippen LogP contribution in [0.4, 0.5) is 5.69 Å². The molecule has 0 saturated carbocycles. The van der Waals surface area contributed by atoms with E-state index in [0.717, 1.165) is 0 Å². The molecule has 2 N–H and O–H groups in total. The van der Waals surface area contributed by atoms with Gasteiger partial charge in [-0.1, -0.05) is 5.92 Å². The number of aromatic amines is 1. The van der Waals surface area contributed by atoms with Crippen molar-refractivity contribution in [2.45, 2.75) is 6.92 Å². The summed E-state index contributed by atoms with van der Waals surface area (Å²) in [6, 6.07) is 0. The third kappa shape index (κ3) is 2.60. The fourth-order valence-electron chi connectivity index (χ4n) is 0.735. The van der Waals surface area contributed by atoms with Crippen LogP contribution < -0.4 is 10.9 Å². The number of nitrogens with one attached hydrogen (secondary N) is 2. The van der Waals surface area contributed by atoms with Crippen LogP contribution in [0.1, 0.15) is 6.92 Å². The lowest BCUT2D eigenvalue weighted by atomic mass is 10.4. The molecule has 13 heavy (non-hydrogen) atoms. The van der Waals surface area contributed by atoms with Gasteiger partial charge in [-0.3, -0.25) is 4.79 Å². The lowest BCUT2D eigenvalue weighted by molar-refractivity contribution is 0.978. The molecule has 0 aliphatic carbocycles. The van der Waals surface area contributed by atoms with Gasteiger partial charge in [-0.2, -0.15) is 5.10 Å². The summed E-state index contributed by atoms with van der Waals surface area (Å²) in [5.74, 6) is 5.56. The van der Waals surface area contributed by atoms with E-state index in [1.807, 2.05) is 0 Å². The molecule has 0 amide bonds. The minimum Gasteiger partial charge on any atom is -0.372 e. The SMILES string of the molecule is CC#CCNc1cn[nH]c(=O)c1Br. The molecule has 0 radical (unpaired) electrons. The molecule has 1 aromatic heterocycles. The molecule has 0 unspecified atom stereocenters. The Kier molecular flexibility index (Phi) is 3.53. The van der Waals surface area contributed by atoms with Gasteiger partial charge in [-0.25, -0.2) is 5.10 Å². The number of aromatic nitrogens is 2. The van der Waals surface area contributed by atoms with Gasteiger partial charge < -0.3 is 5.32 Å². The summed E-state index contributed by atoms with van der Waals surface area (Å²) in [5, 5.41) is 8.90. The van der Waals surface area contributed by atoms with Crippen molar-refractivity contribution >= 4 is 21.6 Å². The zero-order chi connectivity index (χ0) is 9.68. The van der Waals surface area contributed by atoms with E-state index in [1.54, 1.807) is 6.92 Å². The van der Waals surface area contributed by atoms with Crippen molar-refractivity contribution in [2.75, 3.05) is 11.9 Å². The summed E-state index contributed by atoms with van der Waals surface area (Å²) in [4.78, 5) is 11.0. The smallest absolute Gasteiger partial charge is 0.280 e. The van der Waals surface area contributed by atoms with Gasteiger partial charge in [-0.15, -0.1) is 5.92 Å². The summed E-state index contributed by atoms with van der Waals surface area (Å²) in [7, 11) is 0. The molecule has 0 bridgehead atoms. The minimum absolute atomic E-state index is 0.255. The monoisotopic (exact) mass is 241 g/mol. The van der Waals surface area contributed by atoms with E-state index in [9.17, 15) is 4.79 Å². The van der Waals surface area contributed by atoms with Crippen LogP contribution >= 0.6 is 15.9 Å². The molecule has 1 heterocycles. The molecule has 0 saturated heterocycles. The number of nitrogens with zero attached hydrogens (tertiary/aromatic N) is 1. The van der Waals surface area contributed by atoms with Gasteiger partial charge in [0.15, 0.2) is 0 Å². The topological polar surface area (TPSA) is 57.8 Å². The van der Waals surface area contributed by atoms with Crippen molar-refractivity contribution in [3.8, 4) is 11.8 Å². The molecule has 4 nitrogen and oxygen atoms in total. The van der Waals surface area contributed by atoms with Crippen molar-refractivity contribution in [3.05, 3.63) is 21.0 Å². The fourth-order valence-corrected chi connectivity index (χ4v) is 1.07. The van der Waals surface area contributed by atoms with Crippen LogP contribution in [0.15, 0.2) is 15.5 Å². The Morgan fingerprint density at radius 3 is 3.23 bits per heavy atom. The van der Waals surface area contributed by atoms with E-state index >= 15 is 0 Å². The number of halogens is 1. The summed E-state index contributed by atoms with van der Waals surface area (Å²) in [6.07, 6.45) is 1.53. The van der Waals surface area contributed by atoms with Crippen molar-refractivity contribution < 1.29 is 0 Å². The molecule has 0 spiro atoms. The first kappa shape index (κ1) is 9.81. The second kappa shape index (κ2) is 4.67. The molecule has 0 aliphatic rings. The van der Waals surface area contributed by atoms with E-state index in [1.165, 1.54) is 6.20 Å². The van der Waals surface area contributed by atoms with Crippen molar-refractivity contribution in [1.82, 2.24) is 10.2 Å². The molecule has 1 aromatic rings. The Morgan fingerprint density at radius 2 is 2.54 bits per heavy atom. The average molecular weight is 242 g/mol. The van der Waals surface area contributed by atoms with Crippen molar-refractivity contribution in [2.24, 2.45) is 0 Å². The van der Waals surface area contributed by atoms with Crippen LogP contribution in [0, 0.1) is 11.8 Å². The fraction of sp³-hybridized carbons (Fsp3) is 0.250. The number of hydrogen-bond donors (Lipinski definition) is 2. The predicted octanol–water partition coefficient (Wildman–Crippen LogP) is 0.968. The third-order valence-corrected chi connectivity index (χ3v) is 2.13. The van der Waals surface area contributed by atoms with E-state index in [2.05, 4.69) is 43.3 Å². The van der Waals surface area contributed by atoms with Crippen LogP contribution in [-0.2, 0) is 0 Å². The molecule has 0 aromatic carbocycles. The first-order chi connectivity index (χ1) is 6.25. The maximum atomic E-state index is 11.0. The zero-order valence-electron chi connectivity index (χ0n) is 7.02. The van der Waals surface area contributed by atoms with Gasteiger partial charge in [0.05, 0.1) is 18.4 Å². The highest BCUT2D eigenvalue weighted by atomic mass is 79.9. The zero-order valence-corrected chi connectivity index (χ0v) is 8.60. The van der Waals surface area contributed by atoms with Crippen LogP contribution in [0.25, 0.3) is 0 Å². The highest BCUT2D eigenvalue weighted by Crippen LogP contribution is 2.14. The second-order valence-electron chi connectivity index (χ2n) is 2.21. The molecular formula is C8H8BrN3O. The number of rotatable bonds is 2. The second-order valence-corrected chi connectivity index (χ2v) is 3.00. The maximum absolute atomic E-state index is 11.0. The predicted molar refractivity (Wildman–Crippen MR) is 54.5 cm³/mol. The molecule has 5 heteroatoms. The van der Waals surface area contributed by atoms with Crippen LogP contribution in [0.5, 0.6) is 0 Å². The number of hydrogen-bond acceptors (Lipinski definition) is 3. The largest absolute Gasteiger partial charge is 0.372 e.